The van der Waals surface area contributed by atoms with E-state index in [1.807, 2.05) is 24.4 Å². The molecule has 2 aromatic heterocycles. The second kappa shape index (κ2) is 9.26. The molecule has 2 heterocycles. The zero-order valence-corrected chi connectivity index (χ0v) is 20.1. The van der Waals surface area contributed by atoms with Gasteiger partial charge in [-0.3, -0.25) is 4.98 Å². The van der Waals surface area contributed by atoms with E-state index in [4.69, 9.17) is 4.42 Å². The lowest BCUT2D eigenvalue weighted by molar-refractivity contribution is 0.302. The van der Waals surface area contributed by atoms with Gasteiger partial charge in [-0.05, 0) is 98.9 Å². The van der Waals surface area contributed by atoms with Crippen LogP contribution in [0.1, 0.15) is 50.5 Å². The summed E-state index contributed by atoms with van der Waals surface area (Å²) in [6.45, 7) is 2.17. The molecule has 33 heavy (non-hydrogen) atoms. The van der Waals surface area contributed by atoms with Crippen LogP contribution in [-0.4, -0.2) is 11.0 Å². The molecule has 1 saturated carbocycles. The maximum absolute atomic E-state index is 13.9. The van der Waals surface area contributed by atoms with Crippen LogP contribution in [-0.2, 0) is 0 Å². The summed E-state index contributed by atoms with van der Waals surface area (Å²) in [6, 6.07) is 14.3. The molecule has 0 saturated heterocycles. The summed E-state index contributed by atoms with van der Waals surface area (Å²) >= 11 is 3.50. The van der Waals surface area contributed by atoms with E-state index in [0.717, 1.165) is 58.6 Å². The molecule has 2 aromatic carbocycles. The lowest BCUT2D eigenvalue weighted by Gasteiger charge is -2.31. The lowest BCUT2D eigenvalue weighted by Crippen LogP contribution is -2.23. The molecule has 1 atom stereocenters. The predicted octanol–water partition coefficient (Wildman–Crippen LogP) is 7.41. The van der Waals surface area contributed by atoms with Crippen molar-refractivity contribution in [2.24, 2.45) is 5.92 Å². The summed E-state index contributed by atoms with van der Waals surface area (Å²) in [5, 5.41) is 5.38. The highest BCUT2D eigenvalue weighted by Crippen LogP contribution is 2.40. The molecule has 170 valence electrons. The Morgan fingerprint density at radius 2 is 1.91 bits per heavy atom. The van der Waals surface area contributed by atoms with Crippen molar-refractivity contribution >= 4 is 43.5 Å². The number of nitrogens with zero attached hydrogens (tertiary/aromatic N) is 1. The molecule has 1 aliphatic rings. The number of anilines is 1. The van der Waals surface area contributed by atoms with Crippen molar-refractivity contribution in [1.82, 2.24) is 4.98 Å². The Balaban J connectivity index is 1.25. The van der Waals surface area contributed by atoms with Gasteiger partial charge in [0.05, 0.1) is 11.2 Å². The third-order valence-electron chi connectivity index (χ3n) is 6.82. The minimum absolute atomic E-state index is 0.208. The number of hydrogen-bond donors (Lipinski definition) is 1. The first-order valence-electron chi connectivity index (χ1n) is 11.5. The van der Waals surface area contributed by atoms with E-state index in [0.29, 0.717) is 17.4 Å². The highest BCUT2D eigenvalue weighted by atomic mass is 79.9. The van der Waals surface area contributed by atoms with Crippen molar-refractivity contribution in [1.29, 1.82) is 0 Å². The fraction of sp³-hybridized carbons (Fsp3) is 0.333. The Hall–Kier alpha value is -2.73. The predicted molar refractivity (Wildman–Crippen MR) is 134 cm³/mol. The van der Waals surface area contributed by atoms with Gasteiger partial charge >= 0.3 is 5.63 Å². The molecule has 1 N–H and O–H groups in total. The van der Waals surface area contributed by atoms with Crippen molar-refractivity contribution in [2.45, 2.75) is 51.0 Å². The Bertz CT molecular complexity index is 1360. The van der Waals surface area contributed by atoms with Crippen molar-refractivity contribution in [2.75, 3.05) is 5.32 Å². The minimum atomic E-state index is -0.346. The average molecular weight is 509 g/mol. The summed E-state index contributed by atoms with van der Waals surface area (Å²) in [5.74, 6) is 0.850. The van der Waals surface area contributed by atoms with Crippen LogP contribution in [0.3, 0.4) is 0 Å². The van der Waals surface area contributed by atoms with Crippen LogP contribution in [0.25, 0.3) is 21.9 Å². The number of fused-ring (bicyclic) bond motifs is 2. The van der Waals surface area contributed by atoms with E-state index >= 15 is 0 Å². The molecule has 0 spiro atoms. The zero-order valence-electron chi connectivity index (χ0n) is 18.5. The zero-order chi connectivity index (χ0) is 22.9. The molecule has 0 unspecified atom stereocenters. The Morgan fingerprint density at radius 1 is 1.09 bits per heavy atom. The summed E-state index contributed by atoms with van der Waals surface area (Å²) in [6.07, 6.45) is 7.34. The normalized spacial score (nSPS) is 19.6. The summed E-state index contributed by atoms with van der Waals surface area (Å²) in [4.78, 5) is 16.4. The molecule has 1 aliphatic carbocycles. The Kier molecular flexibility index (Phi) is 6.19. The molecule has 4 aromatic rings. The molecule has 0 radical (unpaired) electrons. The van der Waals surface area contributed by atoms with Gasteiger partial charge in [0.2, 0.25) is 0 Å². The number of hydrogen-bond acceptors (Lipinski definition) is 4. The van der Waals surface area contributed by atoms with Crippen LogP contribution in [0.15, 0.2) is 68.4 Å². The third-order valence-corrected chi connectivity index (χ3v) is 7.31. The topological polar surface area (TPSA) is 55.1 Å². The molecule has 0 bridgehead atoms. The summed E-state index contributed by atoms with van der Waals surface area (Å²) in [7, 11) is 0. The first kappa shape index (κ1) is 22.1. The van der Waals surface area contributed by atoms with E-state index in [9.17, 15) is 9.18 Å². The van der Waals surface area contributed by atoms with Crippen LogP contribution in [0.2, 0.25) is 0 Å². The second-order valence-electron chi connectivity index (χ2n) is 9.18. The first-order chi connectivity index (χ1) is 16.0. The number of aromatic nitrogens is 1. The summed E-state index contributed by atoms with van der Waals surface area (Å²) < 4.78 is 20.1. The number of benzene rings is 2. The lowest BCUT2D eigenvalue weighted by atomic mass is 9.76. The smallest absolute Gasteiger partial charge is 0.338 e. The van der Waals surface area contributed by atoms with Crippen LogP contribution in [0.5, 0.6) is 0 Å². The second-order valence-corrected chi connectivity index (χ2v) is 10.1. The molecule has 0 amide bonds. The van der Waals surface area contributed by atoms with Gasteiger partial charge in [-0.15, -0.1) is 0 Å². The van der Waals surface area contributed by atoms with E-state index in [1.54, 1.807) is 12.1 Å². The highest BCUT2D eigenvalue weighted by Gasteiger charge is 2.25. The maximum atomic E-state index is 13.9. The molecule has 0 aliphatic heterocycles. The fourth-order valence-corrected chi connectivity index (χ4v) is 5.64. The third kappa shape index (κ3) is 4.81. The molecule has 5 rings (SSSR count). The highest BCUT2D eigenvalue weighted by molar-refractivity contribution is 9.10. The van der Waals surface area contributed by atoms with E-state index in [1.165, 1.54) is 17.7 Å². The van der Waals surface area contributed by atoms with Gasteiger partial charge in [0.25, 0.3) is 0 Å². The SMILES string of the molecule is C[C@H](C[C@H]1CC[C@H](c2ccnc3ccc(F)cc32)CC1)Nc1cc(=O)oc2ccc(Br)cc12. The standard InChI is InChI=1S/C27H26BrFN2O2/c1-16(31-25-15-27(32)33-26-9-6-19(28)13-23(25)26)12-17-2-4-18(5-3-17)21-10-11-30-24-8-7-20(29)14-22(21)24/h6-11,13-18,31H,2-5,12H2,1H3/t16-,17-,18-/m1/s1. The van der Waals surface area contributed by atoms with Gasteiger partial charge in [-0.25, -0.2) is 9.18 Å². The van der Waals surface area contributed by atoms with Gasteiger partial charge in [0.1, 0.15) is 11.4 Å². The molecular formula is C27H26BrFN2O2. The van der Waals surface area contributed by atoms with Gasteiger partial charge in [0, 0.05) is 33.6 Å². The number of pyridine rings is 1. The number of nitrogens with one attached hydrogen (secondary N) is 1. The van der Waals surface area contributed by atoms with E-state index in [-0.39, 0.29) is 17.5 Å². The van der Waals surface area contributed by atoms with Gasteiger partial charge in [-0.1, -0.05) is 15.9 Å². The van der Waals surface area contributed by atoms with Gasteiger partial charge < -0.3 is 9.73 Å². The van der Waals surface area contributed by atoms with Gasteiger partial charge in [-0.2, -0.15) is 0 Å². The Labute approximate surface area is 200 Å². The molecule has 6 heteroatoms. The van der Waals surface area contributed by atoms with Crippen LogP contribution in [0, 0.1) is 11.7 Å². The van der Waals surface area contributed by atoms with Crippen LogP contribution in [0.4, 0.5) is 10.1 Å². The van der Waals surface area contributed by atoms with Crippen LogP contribution < -0.4 is 10.9 Å². The van der Waals surface area contributed by atoms with E-state index < -0.39 is 0 Å². The summed E-state index contributed by atoms with van der Waals surface area (Å²) in [5.41, 5.74) is 3.13. The van der Waals surface area contributed by atoms with Crippen molar-refractivity contribution in [3.05, 3.63) is 81.0 Å². The van der Waals surface area contributed by atoms with Crippen molar-refractivity contribution < 1.29 is 8.81 Å². The maximum Gasteiger partial charge on any atom is 0.338 e. The Morgan fingerprint density at radius 3 is 2.73 bits per heavy atom. The molecular weight excluding hydrogens is 483 g/mol. The van der Waals surface area contributed by atoms with Crippen LogP contribution >= 0.6 is 15.9 Å². The number of rotatable bonds is 5. The van der Waals surface area contributed by atoms with Gasteiger partial charge in [0.15, 0.2) is 0 Å². The molecule has 4 nitrogen and oxygen atoms in total. The minimum Gasteiger partial charge on any atom is -0.423 e. The van der Waals surface area contributed by atoms with E-state index in [2.05, 4.69) is 39.2 Å². The fourth-order valence-electron chi connectivity index (χ4n) is 5.28. The van der Waals surface area contributed by atoms with Crippen molar-refractivity contribution in [3.63, 3.8) is 0 Å². The quantitative estimate of drug-likeness (QED) is 0.285. The molecule has 1 fully saturated rings. The average Bonchev–Trinajstić information content (AvgIpc) is 2.79. The number of halogens is 2. The largest absolute Gasteiger partial charge is 0.423 e. The van der Waals surface area contributed by atoms with Crippen molar-refractivity contribution in [3.8, 4) is 0 Å². The first-order valence-corrected chi connectivity index (χ1v) is 12.3. The monoisotopic (exact) mass is 508 g/mol.